The molecule has 0 aliphatic carbocycles. The van der Waals surface area contributed by atoms with E-state index in [9.17, 15) is 14.4 Å². The number of rotatable bonds is 3. The fourth-order valence-electron chi connectivity index (χ4n) is 1.02. The highest BCUT2D eigenvalue weighted by Crippen LogP contribution is 2.27. The highest BCUT2D eigenvalue weighted by molar-refractivity contribution is 6.72. The Morgan fingerprint density at radius 1 is 0.812 bits per heavy atom. The zero-order valence-corrected chi connectivity index (χ0v) is 10.4. The Bertz CT molecular complexity index is 461. The fourth-order valence-corrected chi connectivity index (χ4v) is 1.81. The molecule has 0 unspecified atom stereocenters. The van der Waals surface area contributed by atoms with Crippen LogP contribution in [0.25, 0.3) is 0 Å². The molecule has 7 heteroatoms. The molecule has 0 saturated carbocycles. The first-order chi connectivity index (χ1) is 7.34. The maximum atomic E-state index is 11.0. The third-order valence-electron chi connectivity index (χ3n) is 1.72. The number of halogens is 4. The first-order valence-electron chi connectivity index (χ1n) is 3.77. The zero-order valence-electron chi connectivity index (χ0n) is 7.39. The molecule has 16 heavy (non-hydrogen) atoms. The van der Waals surface area contributed by atoms with E-state index in [2.05, 4.69) is 0 Å². The van der Waals surface area contributed by atoms with Crippen LogP contribution in [0.15, 0.2) is 12.1 Å². The Hall–Kier alpha value is -0.610. The van der Waals surface area contributed by atoms with Crippen LogP contribution in [-0.2, 0) is 0 Å². The van der Waals surface area contributed by atoms with Crippen molar-refractivity contribution < 1.29 is 14.4 Å². The molecule has 0 fully saturated rings. The summed E-state index contributed by atoms with van der Waals surface area (Å²) >= 11 is 21.4. The summed E-state index contributed by atoms with van der Waals surface area (Å²) < 4.78 is 0. The molecule has 0 atom stereocenters. The van der Waals surface area contributed by atoms with Crippen LogP contribution in [0, 0.1) is 0 Å². The molecule has 0 spiro atoms. The molecule has 0 aliphatic rings. The monoisotopic (exact) mass is 298 g/mol. The smallest absolute Gasteiger partial charge is 0.253 e. The lowest BCUT2D eigenvalue weighted by atomic mass is 10.1. The normalized spacial score (nSPS) is 10.0. The van der Waals surface area contributed by atoms with Gasteiger partial charge in [0.15, 0.2) is 0 Å². The molecule has 0 N–H and O–H groups in total. The van der Waals surface area contributed by atoms with E-state index in [0.29, 0.717) is 0 Å². The van der Waals surface area contributed by atoms with Crippen molar-refractivity contribution in [2.45, 2.75) is 0 Å². The van der Waals surface area contributed by atoms with Gasteiger partial charge in [-0.1, -0.05) is 11.6 Å². The average molecular weight is 300 g/mol. The Morgan fingerprint density at radius 2 is 1.19 bits per heavy atom. The fraction of sp³-hybridized carbons (Fsp3) is 0. The summed E-state index contributed by atoms with van der Waals surface area (Å²) in [5.41, 5.74) is -0.475. The second-order valence-electron chi connectivity index (χ2n) is 2.71. The van der Waals surface area contributed by atoms with Crippen LogP contribution in [0.5, 0.6) is 0 Å². The topological polar surface area (TPSA) is 51.2 Å². The highest BCUT2D eigenvalue weighted by atomic mass is 35.5. The lowest BCUT2D eigenvalue weighted by molar-refractivity contribution is 0.108. The third kappa shape index (κ3) is 2.74. The maximum absolute atomic E-state index is 11.0. The maximum Gasteiger partial charge on any atom is 0.253 e. The van der Waals surface area contributed by atoms with Crippen molar-refractivity contribution in [3.05, 3.63) is 33.8 Å². The van der Waals surface area contributed by atoms with Crippen LogP contribution in [0.3, 0.4) is 0 Å². The van der Waals surface area contributed by atoms with Gasteiger partial charge >= 0.3 is 0 Å². The molecule has 0 saturated heterocycles. The predicted molar refractivity (Wildman–Crippen MR) is 62.0 cm³/mol. The summed E-state index contributed by atoms with van der Waals surface area (Å²) in [6, 6.07) is 2.19. The van der Waals surface area contributed by atoms with Crippen LogP contribution in [0.1, 0.15) is 31.1 Å². The van der Waals surface area contributed by atoms with Gasteiger partial charge < -0.3 is 0 Å². The van der Waals surface area contributed by atoms with E-state index < -0.39 is 15.7 Å². The third-order valence-corrected chi connectivity index (χ3v) is 2.76. The molecule has 0 heterocycles. The van der Waals surface area contributed by atoms with Gasteiger partial charge in [-0.05, 0) is 46.9 Å². The second kappa shape index (κ2) is 5.15. The molecule has 3 nitrogen and oxygen atoms in total. The van der Waals surface area contributed by atoms with E-state index in [0.717, 1.165) is 12.1 Å². The van der Waals surface area contributed by atoms with Crippen LogP contribution >= 0.6 is 46.4 Å². The summed E-state index contributed by atoms with van der Waals surface area (Å²) in [6.07, 6.45) is 0. The van der Waals surface area contributed by atoms with E-state index in [-0.39, 0.29) is 21.7 Å². The predicted octanol–water partition coefficient (Wildman–Crippen LogP) is 3.48. The lowest BCUT2D eigenvalue weighted by Gasteiger charge is -2.05. The van der Waals surface area contributed by atoms with Gasteiger partial charge in [0.2, 0.25) is 0 Å². The summed E-state index contributed by atoms with van der Waals surface area (Å²) in [7, 11) is 0. The molecule has 1 aromatic rings. The van der Waals surface area contributed by atoms with Crippen molar-refractivity contribution in [3.63, 3.8) is 0 Å². The largest absolute Gasteiger partial charge is 0.276 e. The molecule has 1 aromatic carbocycles. The first-order valence-corrected chi connectivity index (χ1v) is 5.28. The molecular formula is C9H2Cl4O3. The Balaban J connectivity index is 3.57. The Labute approximate surface area is 110 Å². The minimum atomic E-state index is -0.913. The minimum absolute atomic E-state index is 0.0842. The number of benzene rings is 1. The van der Waals surface area contributed by atoms with E-state index in [4.69, 9.17) is 46.4 Å². The van der Waals surface area contributed by atoms with E-state index in [1.165, 1.54) is 0 Å². The number of hydrogen-bond donors (Lipinski definition) is 0. The van der Waals surface area contributed by atoms with Crippen molar-refractivity contribution in [1.82, 2.24) is 0 Å². The SMILES string of the molecule is O=C(Cl)c1cc(C(=O)Cl)c(Cl)c(C(=O)Cl)c1. The Morgan fingerprint density at radius 3 is 1.44 bits per heavy atom. The molecule has 0 amide bonds. The van der Waals surface area contributed by atoms with Crippen molar-refractivity contribution in [3.8, 4) is 0 Å². The van der Waals surface area contributed by atoms with Gasteiger partial charge in [-0.15, -0.1) is 0 Å². The molecule has 0 radical (unpaired) electrons. The van der Waals surface area contributed by atoms with Gasteiger partial charge in [-0.25, -0.2) is 0 Å². The minimum Gasteiger partial charge on any atom is -0.276 e. The van der Waals surface area contributed by atoms with Gasteiger partial charge in [-0.3, -0.25) is 14.4 Å². The van der Waals surface area contributed by atoms with Gasteiger partial charge in [-0.2, -0.15) is 0 Å². The molecule has 1 rings (SSSR count). The quantitative estimate of drug-likeness (QED) is 0.803. The summed E-state index contributed by atoms with van der Waals surface area (Å²) in [6.45, 7) is 0. The number of carbonyl (C=O) groups excluding carboxylic acids is 3. The number of hydrogen-bond acceptors (Lipinski definition) is 3. The van der Waals surface area contributed by atoms with Crippen LogP contribution < -0.4 is 0 Å². The van der Waals surface area contributed by atoms with Crippen molar-refractivity contribution in [1.29, 1.82) is 0 Å². The van der Waals surface area contributed by atoms with Gasteiger partial charge in [0.05, 0.1) is 16.1 Å². The first kappa shape index (κ1) is 13.5. The number of carbonyl (C=O) groups is 3. The molecule has 84 valence electrons. The summed E-state index contributed by atoms with van der Waals surface area (Å²) in [4.78, 5) is 32.9. The van der Waals surface area contributed by atoms with E-state index in [1.807, 2.05) is 0 Å². The Kier molecular flexibility index (Phi) is 4.33. The zero-order chi connectivity index (χ0) is 12.5. The standard InChI is InChI=1S/C9H2Cl4O3/c10-6-4(8(12)15)1-3(7(11)14)2-5(6)9(13)16/h1-2H. The molecule has 0 bridgehead atoms. The lowest BCUT2D eigenvalue weighted by Crippen LogP contribution is -2.02. The summed E-state index contributed by atoms with van der Waals surface area (Å²) in [5, 5.41) is -2.88. The summed E-state index contributed by atoms with van der Waals surface area (Å²) in [5.74, 6) is 0. The van der Waals surface area contributed by atoms with Crippen LogP contribution in [0.4, 0.5) is 0 Å². The van der Waals surface area contributed by atoms with Crippen LogP contribution in [-0.4, -0.2) is 15.7 Å². The van der Waals surface area contributed by atoms with E-state index in [1.54, 1.807) is 0 Å². The van der Waals surface area contributed by atoms with Gasteiger partial charge in [0.25, 0.3) is 15.7 Å². The van der Waals surface area contributed by atoms with Gasteiger partial charge in [0, 0.05) is 5.56 Å². The molecule has 0 aromatic heterocycles. The van der Waals surface area contributed by atoms with E-state index >= 15 is 0 Å². The second-order valence-corrected chi connectivity index (χ2v) is 4.11. The van der Waals surface area contributed by atoms with Crippen molar-refractivity contribution in [2.75, 3.05) is 0 Å². The molecule has 0 aliphatic heterocycles. The van der Waals surface area contributed by atoms with Crippen molar-refractivity contribution in [2.24, 2.45) is 0 Å². The van der Waals surface area contributed by atoms with Crippen LogP contribution in [0.2, 0.25) is 5.02 Å². The molecular weight excluding hydrogens is 298 g/mol. The van der Waals surface area contributed by atoms with Crippen molar-refractivity contribution >= 4 is 62.1 Å². The average Bonchev–Trinajstić information content (AvgIpc) is 2.16. The highest BCUT2D eigenvalue weighted by Gasteiger charge is 2.19. The van der Waals surface area contributed by atoms with Gasteiger partial charge in [0.1, 0.15) is 0 Å².